The minimum atomic E-state index is -0.294. The molecule has 0 radical (unpaired) electrons. The van der Waals surface area contributed by atoms with Gasteiger partial charge in [-0.1, -0.05) is 6.92 Å². The predicted octanol–water partition coefficient (Wildman–Crippen LogP) is 1.08. The number of hydrogen-bond donors (Lipinski definition) is 2. The lowest BCUT2D eigenvalue weighted by molar-refractivity contribution is -0.127. The highest BCUT2D eigenvalue weighted by molar-refractivity contribution is 5.79. The van der Waals surface area contributed by atoms with E-state index in [1.807, 2.05) is 20.8 Å². The highest BCUT2D eigenvalue weighted by atomic mass is 16.5. The topological polar surface area (TPSA) is 58.6 Å². The fourth-order valence-electron chi connectivity index (χ4n) is 1.97. The van der Waals surface area contributed by atoms with Crippen LogP contribution in [0.4, 0.5) is 0 Å². The van der Waals surface area contributed by atoms with Crippen LogP contribution < -0.4 is 5.32 Å². The van der Waals surface area contributed by atoms with E-state index in [2.05, 4.69) is 5.32 Å². The summed E-state index contributed by atoms with van der Waals surface area (Å²) >= 11 is 0. The van der Waals surface area contributed by atoms with Crippen LogP contribution in [0.2, 0.25) is 0 Å². The normalized spacial score (nSPS) is 28.8. The number of nitrogens with one attached hydrogen (secondary N) is 1. The van der Waals surface area contributed by atoms with Crippen molar-refractivity contribution in [1.29, 1.82) is 0 Å². The zero-order chi connectivity index (χ0) is 12.2. The van der Waals surface area contributed by atoms with E-state index in [1.54, 1.807) is 0 Å². The molecule has 2 N–H and O–H groups in total. The van der Waals surface area contributed by atoms with E-state index in [-0.39, 0.29) is 30.1 Å². The molecule has 3 atom stereocenters. The molecular formula is C12H23NO3. The molecule has 1 fully saturated rings. The maximum Gasteiger partial charge on any atom is 0.225 e. The van der Waals surface area contributed by atoms with Crippen LogP contribution in [0.25, 0.3) is 0 Å². The van der Waals surface area contributed by atoms with Gasteiger partial charge >= 0.3 is 0 Å². The lowest BCUT2D eigenvalue weighted by Gasteiger charge is -2.30. The minimum Gasteiger partial charge on any atom is -0.396 e. The molecule has 0 aromatic rings. The van der Waals surface area contributed by atoms with Crippen molar-refractivity contribution in [3.8, 4) is 0 Å². The summed E-state index contributed by atoms with van der Waals surface area (Å²) in [5, 5.41) is 12.0. The van der Waals surface area contributed by atoms with Gasteiger partial charge in [-0.3, -0.25) is 4.79 Å². The summed E-state index contributed by atoms with van der Waals surface area (Å²) in [6.45, 7) is 6.60. The van der Waals surface area contributed by atoms with E-state index in [1.165, 1.54) is 0 Å². The van der Waals surface area contributed by atoms with Gasteiger partial charge in [0.15, 0.2) is 0 Å². The lowest BCUT2D eigenvalue weighted by Crippen LogP contribution is -2.48. The zero-order valence-electron chi connectivity index (χ0n) is 10.5. The molecule has 4 heteroatoms. The van der Waals surface area contributed by atoms with Crippen LogP contribution in [-0.4, -0.2) is 35.9 Å². The average molecular weight is 229 g/mol. The van der Waals surface area contributed by atoms with Gasteiger partial charge < -0.3 is 15.2 Å². The second-order valence-electron chi connectivity index (χ2n) is 4.95. The second kappa shape index (κ2) is 5.64. The summed E-state index contributed by atoms with van der Waals surface area (Å²) in [5.41, 5.74) is -0.294. The van der Waals surface area contributed by atoms with Crippen LogP contribution in [-0.2, 0) is 9.53 Å². The Hall–Kier alpha value is -0.610. The van der Waals surface area contributed by atoms with Crippen LogP contribution in [0.5, 0.6) is 0 Å². The average Bonchev–Trinajstić information content (AvgIpc) is 2.65. The van der Waals surface area contributed by atoms with E-state index < -0.39 is 0 Å². The third kappa shape index (κ3) is 3.46. The molecule has 1 aliphatic rings. The largest absolute Gasteiger partial charge is 0.396 e. The highest BCUT2D eigenvalue weighted by Gasteiger charge is 2.32. The summed E-state index contributed by atoms with van der Waals surface area (Å²) < 4.78 is 5.38. The van der Waals surface area contributed by atoms with Gasteiger partial charge in [-0.05, 0) is 33.1 Å². The first kappa shape index (κ1) is 13.5. The monoisotopic (exact) mass is 229 g/mol. The smallest absolute Gasteiger partial charge is 0.225 e. The van der Waals surface area contributed by atoms with Crippen LogP contribution >= 0.6 is 0 Å². The van der Waals surface area contributed by atoms with Crippen LogP contribution in [0.1, 0.15) is 40.0 Å². The Morgan fingerprint density at radius 2 is 2.31 bits per heavy atom. The molecule has 4 nitrogen and oxygen atoms in total. The number of carbonyl (C=O) groups excluding carboxylic acids is 1. The van der Waals surface area contributed by atoms with Gasteiger partial charge in [-0.25, -0.2) is 0 Å². The van der Waals surface area contributed by atoms with Gasteiger partial charge in [0.1, 0.15) is 0 Å². The number of hydrogen-bond acceptors (Lipinski definition) is 3. The van der Waals surface area contributed by atoms with Gasteiger partial charge in [0, 0.05) is 12.1 Å². The summed E-state index contributed by atoms with van der Waals surface area (Å²) in [4.78, 5) is 12.0. The van der Waals surface area contributed by atoms with Crippen molar-refractivity contribution < 1.29 is 14.6 Å². The molecule has 1 amide bonds. The Morgan fingerprint density at radius 3 is 2.75 bits per heavy atom. The molecule has 0 saturated carbocycles. The van der Waals surface area contributed by atoms with Crippen molar-refractivity contribution in [2.45, 2.75) is 51.7 Å². The van der Waals surface area contributed by atoms with Crippen molar-refractivity contribution in [1.82, 2.24) is 5.32 Å². The quantitative estimate of drug-likeness (QED) is 0.741. The zero-order valence-corrected chi connectivity index (χ0v) is 10.5. The van der Waals surface area contributed by atoms with Crippen molar-refractivity contribution in [2.75, 3.05) is 13.2 Å². The van der Waals surface area contributed by atoms with E-state index >= 15 is 0 Å². The molecule has 0 spiro atoms. The molecule has 3 unspecified atom stereocenters. The molecule has 1 saturated heterocycles. The number of carbonyl (C=O) groups is 1. The van der Waals surface area contributed by atoms with Gasteiger partial charge in [-0.15, -0.1) is 0 Å². The molecule has 16 heavy (non-hydrogen) atoms. The first-order valence-corrected chi connectivity index (χ1v) is 6.05. The van der Waals surface area contributed by atoms with Crippen molar-refractivity contribution in [3.63, 3.8) is 0 Å². The maximum absolute atomic E-state index is 12.0. The predicted molar refractivity (Wildman–Crippen MR) is 62.1 cm³/mol. The summed E-state index contributed by atoms with van der Waals surface area (Å²) in [6, 6.07) is 0. The Bertz CT molecular complexity index is 244. The molecular weight excluding hydrogens is 206 g/mol. The number of aliphatic hydroxyl groups is 1. The number of rotatable bonds is 5. The summed E-state index contributed by atoms with van der Waals surface area (Å²) in [6.07, 6.45) is 2.40. The minimum absolute atomic E-state index is 0.0282. The molecule has 1 heterocycles. The van der Waals surface area contributed by atoms with Crippen molar-refractivity contribution in [2.24, 2.45) is 5.92 Å². The maximum atomic E-state index is 12.0. The molecule has 0 aliphatic carbocycles. The number of aliphatic hydroxyl groups excluding tert-OH is 1. The fraction of sp³-hybridized carbons (Fsp3) is 0.917. The molecule has 94 valence electrons. The third-order valence-corrected chi connectivity index (χ3v) is 3.44. The van der Waals surface area contributed by atoms with E-state index in [0.717, 1.165) is 12.8 Å². The molecule has 1 rings (SSSR count). The number of ether oxygens (including phenoxy) is 1. The van der Waals surface area contributed by atoms with Crippen LogP contribution in [0, 0.1) is 5.92 Å². The SMILES string of the molecule is CCC(C)(CCO)NC(=O)C1COC(C)C1. The van der Waals surface area contributed by atoms with Gasteiger partial charge in [0.05, 0.1) is 18.6 Å². The van der Waals surface area contributed by atoms with Crippen LogP contribution in [0.15, 0.2) is 0 Å². The van der Waals surface area contributed by atoms with Crippen molar-refractivity contribution >= 4 is 5.91 Å². The van der Waals surface area contributed by atoms with Gasteiger partial charge in [-0.2, -0.15) is 0 Å². The molecule has 0 aromatic carbocycles. The summed E-state index contributed by atoms with van der Waals surface area (Å²) in [5.74, 6) is 0.0294. The molecule has 0 bridgehead atoms. The second-order valence-corrected chi connectivity index (χ2v) is 4.95. The van der Waals surface area contributed by atoms with E-state index in [4.69, 9.17) is 9.84 Å². The van der Waals surface area contributed by atoms with Crippen molar-refractivity contribution in [3.05, 3.63) is 0 Å². The highest BCUT2D eigenvalue weighted by Crippen LogP contribution is 2.21. The number of amides is 1. The fourth-order valence-corrected chi connectivity index (χ4v) is 1.97. The Labute approximate surface area is 97.4 Å². The Balaban J connectivity index is 2.48. The first-order valence-electron chi connectivity index (χ1n) is 6.05. The lowest BCUT2D eigenvalue weighted by atomic mass is 9.93. The van der Waals surface area contributed by atoms with Gasteiger partial charge in [0.2, 0.25) is 5.91 Å². The Kier molecular flexibility index (Phi) is 4.74. The first-order chi connectivity index (χ1) is 7.50. The summed E-state index contributed by atoms with van der Waals surface area (Å²) in [7, 11) is 0. The van der Waals surface area contributed by atoms with Gasteiger partial charge in [0.25, 0.3) is 0 Å². The van der Waals surface area contributed by atoms with Crippen LogP contribution in [0.3, 0.4) is 0 Å². The third-order valence-electron chi connectivity index (χ3n) is 3.44. The molecule has 0 aromatic heterocycles. The van der Waals surface area contributed by atoms with E-state index in [0.29, 0.717) is 13.0 Å². The Morgan fingerprint density at radius 1 is 1.62 bits per heavy atom. The molecule has 1 aliphatic heterocycles. The standard InChI is InChI=1S/C12H23NO3/c1-4-12(3,5-6-14)13-11(15)10-7-9(2)16-8-10/h9-10,14H,4-8H2,1-3H3,(H,13,15). The van der Waals surface area contributed by atoms with E-state index in [9.17, 15) is 4.79 Å².